The first-order valence-corrected chi connectivity index (χ1v) is 5.36. The number of amides is 1. The van der Waals surface area contributed by atoms with Crippen LogP contribution in [0.5, 0.6) is 0 Å². The summed E-state index contributed by atoms with van der Waals surface area (Å²) in [5, 5.41) is 13.3. The van der Waals surface area contributed by atoms with Gasteiger partial charge in [0.1, 0.15) is 12.9 Å². The molecule has 0 saturated carbocycles. The van der Waals surface area contributed by atoms with Crippen LogP contribution in [0.2, 0.25) is 0 Å². The van der Waals surface area contributed by atoms with E-state index in [1.54, 1.807) is 0 Å². The monoisotopic (exact) mass is 262 g/mol. The van der Waals surface area contributed by atoms with Crippen molar-refractivity contribution in [1.29, 1.82) is 0 Å². The molecule has 0 bridgehead atoms. The Hall–Kier alpha value is -1.21. The average molecular weight is 263 g/mol. The number of rotatable bonds is 6. The highest BCUT2D eigenvalue weighted by Gasteiger charge is 2.20. The predicted octanol–water partition coefficient (Wildman–Crippen LogP) is -0.271. The summed E-state index contributed by atoms with van der Waals surface area (Å²) in [5.41, 5.74) is 5.73. The molecule has 0 fully saturated rings. The molecule has 7 nitrogen and oxygen atoms in total. The van der Waals surface area contributed by atoms with Crippen LogP contribution in [0.15, 0.2) is 6.33 Å². The van der Waals surface area contributed by atoms with E-state index in [-0.39, 0.29) is 30.4 Å². The molecule has 0 spiro atoms. The van der Waals surface area contributed by atoms with Crippen LogP contribution in [0.25, 0.3) is 0 Å². The van der Waals surface area contributed by atoms with Crippen LogP contribution in [0.3, 0.4) is 0 Å². The maximum absolute atomic E-state index is 11.5. The van der Waals surface area contributed by atoms with Gasteiger partial charge < -0.3 is 11.1 Å². The third-order valence-corrected chi connectivity index (χ3v) is 2.74. The Morgan fingerprint density at radius 1 is 1.47 bits per heavy atom. The number of aromatic nitrogens is 4. The summed E-state index contributed by atoms with van der Waals surface area (Å²) in [7, 11) is 0. The molecule has 98 valence electrons. The van der Waals surface area contributed by atoms with E-state index in [1.807, 2.05) is 13.8 Å². The Morgan fingerprint density at radius 2 is 2.12 bits per heavy atom. The van der Waals surface area contributed by atoms with Crippen molar-refractivity contribution in [1.82, 2.24) is 25.5 Å². The zero-order chi connectivity index (χ0) is 12.0. The van der Waals surface area contributed by atoms with E-state index in [2.05, 4.69) is 20.8 Å². The minimum absolute atomic E-state index is 0. The second-order valence-corrected chi connectivity index (χ2v) is 3.85. The minimum atomic E-state index is -0.323. The van der Waals surface area contributed by atoms with E-state index in [4.69, 9.17) is 5.73 Å². The summed E-state index contributed by atoms with van der Waals surface area (Å²) in [6.07, 6.45) is 3.05. The lowest BCUT2D eigenvalue weighted by Crippen LogP contribution is -2.49. The first-order valence-electron chi connectivity index (χ1n) is 5.36. The SMILES string of the molecule is CCC(N)(CC)CNC(=O)Cn1cnnn1.Cl. The number of tetrazole rings is 1. The Labute approximate surface area is 107 Å². The Bertz CT molecular complexity index is 324. The van der Waals surface area contributed by atoms with Crippen molar-refractivity contribution < 1.29 is 4.79 Å². The van der Waals surface area contributed by atoms with Crippen molar-refractivity contribution in [2.45, 2.75) is 38.8 Å². The van der Waals surface area contributed by atoms with Gasteiger partial charge in [0, 0.05) is 12.1 Å². The van der Waals surface area contributed by atoms with Gasteiger partial charge in [0.15, 0.2) is 0 Å². The normalized spacial score (nSPS) is 10.8. The third-order valence-electron chi connectivity index (χ3n) is 2.74. The lowest BCUT2D eigenvalue weighted by Gasteiger charge is -2.26. The summed E-state index contributed by atoms with van der Waals surface area (Å²) in [5.74, 6) is -0.135. The van der Waals surface area contributed by atoms with Crippen molar-refractivity contribution in [3.63, 3.8) is 0 Å². The number of carbonyl (C=O) groups is 1. The van der Waals surface area contributed by atoms with Crippen molar-refractivity contribution in [3.8, 4) is 0 Å². The van der Waals surface area contributed by atoms with Gasteiger partial charge in [-0.15, -0.1) is 17.5 Å². The van der Waals surface area contributed by atoms with E-state index in [0.29, 0.717) is 6.54 Å². The van der Waals surface area contributed by atoms with E-state index >= 15 is 0 Å². The molecule has 8 heteroatoms. The van der Waals surface area contributed by atoms with E-state index in [0.717, 1.165) is 12.8 Å². The highest BCUT2D eigenvalue weighted by Crippen LogP contribution is 2.08. The topological polar surface area (TPSA) is 98.7 Å². The second kappa shape index (κ2) is 7.18. The molecule has 0 aromatic carbocycles. The lowest BCUT2D eigenvalue weighted by molar-refractivity contribution is -0.122. The van der Waals surface area contributed by atoms with Gasteiger partial charge in [-0.2, -0.15) is 0 Å². The molecule has 1 aromatic rings. The molecule has 0 aliphatic carbocycles. The van der Waals surface area contributed by atoms with Crippen LogP contribution in [-0.4, -0.2) is 38.2 Å². The van der Waals surface area contributed by atoms with Gasteiger partial charge >= 0.3 is 0 Å². The zero-order valence-electron chi connectivity index (χ0n) is 10.1. The fraction of sp³-hybridized carbons (Fsp3) is 0.778. The van der Waals surface area contributed by atoms with Gasteiger partial charge in [0.25, 0.3) is 0 Å². The molecule has 1 rings (SSSR count). The molecule has 0 radical (unpaired) electrons. The van der Waals surface area contributed by atoms with E-state index in [9.17, 15) is 4.79 Å². The molecule has 0 aliphatic rings. The average Bonchev–Trinajstić information content (AvgIpc) is 2.79. The Kier molecular flexibility index (Phi) is 6.67. The van der Waals surface area contributed by atoms with Crippen LogP contribution in [0, 0.1) is 0 Å². The number of halogens is 1. The van der Waals surface area contributed by atoms with Gasteiger partial charge in [-0.05, 0) is 23.3 Å². The number of nitrogens with two attached hydrogens (primary N) is 1. The summed E-state index contributed by atoms with van der Waals surface area (Å²) in [6, 6.07) is 0. The third kappa shape index (κ3) is 5.10. The smallest absolute Gasteiger partial charge is 0.241 e. The fourth-order valence-corrected chi connectivity index (χ4v) is 1.23. The molecule has 1 amide bonds. The predicted molar refractivity (Wildman–Crippen MR) is 65.6 cm³/mol. The highest BCUT2D eigenvalue weighted by atomic mass is 35.5. The summed E-state index contributed by atoms with van der Waals surface area (Å²) >= 11 is 0. The molecule has 1 heterocycles. The first kappa shape index (κ1) is 15.8. The number of hydrogen-bond acceptors (Lipinski definition) is 5. The molecule has 0 aliphatic heterocycles. The van der Waals surface area contributed by atoms with Gasteiger partial charge in [-0.25, -0.2) is 4.68 Å². The van der Waals surface area contributed by atoms with Crippen molar-refractivity contribution >= 4 is 18.3 Å². The van der Waals surface area contributed by atoms with Crippen molar-refractivity contribution in [2.75, 3.05) is 6.54 Å². The van der Waals surface area contributed by atoms with Crippen molar-refractivity contribution in [3.05, 3.63) is 6.33 Å². The first-order chi connectivity index (χ1) is 7.59. The highest BCUT2D eigenvalue weighted by molar-refractivity contribution is 5.85. The summed E-state index contributed by atoms with van der Waals surface area (Å²) in [6.45, 7) is 4.62. The molecule has 0 saturated heterocycles. The molecule has 1 aromatic heterocycles. The lowest BCUT2D eigenvalue weighted by atomic mass is 9.94. The van der Waals surface area contributed by atoms with Crippen LogP contribution < -0.4 is 11.1 Å². The van der Waals surface area contributed by atoms with Crippen LogP contribution >= 0.6 is 12.4 Å². The zero-order valence-corrected chi connectivity index (χ0v) is 10.9. The van der Waals surface area contributed by atoms with E-state index < -0.39 is 0 Å². The maximum atomic E-state index is 11.5. The van der Waals surface area contributed by atoms with E-state index in [1.165, 1.54) is 11.0 Å². The van der Waals surface area contributed by atoms with Crippen LogP contribution in [0.4, 0.5) is 0 Å². The number of carbonyl (C=O) groups excluding carboxylic acids is 1. The minimum Gasteiger partial charge on any atom is -0.353 e. The molecular weight excluding hydrogens is 244 g/mol. The molecular formula is C9H19ClN6O. The van der Waals surface area contributed by atoms with Crippen molar-refractivity contribution in [2.24, 2.45) is 5.73 Å². The number of hydrogen-bond donors (Lipinski definition) is 2. The summed E-state index contributed by atoms with van der Waals surface area (Å²) in [4.78, 5) is 11.5. The Morgan fingerprint density at radius 3 is 2.59 bits per heavy atom. The summed E-state index contributed by atoms with van der Waals surface area (Å²) < 4.78 is 1.37. The van der Waals surface area contributed by atoms with Crippen LogP contribution in [-0.2, 0) is 11.3 Å². The second-order valence-electron chi connectivity index (χ2n) is 3.85. The van der Waals surface area contributed by atoms with Gasteiger partial charge in [-0.1, -0.05) is 13.8 Å². The molecule has 3 N–H and O–H groups in total. The fourth-order valence-electron chi connectivity index (χ4n) is 1.23. The molecule has 0 unspecified atom stereocenters. The van der Waals surface area contributed by atoms with Crippen LogP contribution in [0.1, 0.15) is 26.7 Å². The number of nitrogens with zero attached hydrogens (tertiary/aromatic N) is 4. The van der Waals surface area contributed by atoms with Gasteiger partial charge in [0.2, 0.25) is 5.91 Å². The molecule has 0 atom stereocenters. The Balaban J connectivity index is 0.00000256. The standard InChI is InChI=1S/C9H18N6O.ClH/c1-3-9(10,4-2)6-11-8(16)5-15-7-12-13-14-15;/h7H,3-6,10H2,1-2H3,(H,11,16);1H. The van der Waals surface area contributed by atoms with Gasteiger partial charge in [0.05, 0.1) is 0 Å². The molecule has 17 heavy (non-hydrogen) atoms. The maximum Gasteiger partial charge on any atom is 0.241 e. The van der Waals surface area contributed by atoms with Gasteiger partial charge in [-0.3, -0.25) is 4.79 Å². The number of nitrogens with one attached hydrogen (secondary N) is 1. The quantitative estimate of drug-likeness (QED) is 0.735. The largest absolute Gasteiger partial charge is 0.353 e.